The number of benzene rings is 1. The van der Waals surface area contributed by atoms with Crippen LogP contribution in [-0.4, -0.2) is 10.2 Å². The molecular formula is C12H13ClN2O. The van der Waals surface area contributed by atoms with Crippen LogP contribution in [0.1, 0.15) is 26.7 Å². The lowest BCUT2D eigenvalue weighted by Crippen LogP contribution is -2.11. The van der Waals surface area contributed by atoms with Gasteiger partial charge in [-0.3, -0.25) is 0 Å². The Balaban J connectivity index is 2.44. The van der Waals surface area contributed by atoms with E-state index in [9.17, 15) is 0 Å². The highest BCUT2D eigenvalue weighted by Gasteiger charge is 2.22. The summed E-state index contributed by atoms with van der Waals surface area (Å²) >= 11 is 6.05. The molecule has 1 aromatic carbocycles. The summed E-state index contributed by atoms with van der Waals surface area (Å²) in [5.74, 6) is 1.08. The molecule has 84 valence electrons. The van der Waals surface area contributed by atoms with Crippen LogP contribution in [0.2, 0.25) is 5.02 Å². The van der Waals surface area contributed by atoms with Gasteiger partial charge in [0.1, 0.15) is 0 Å². The van der Waals surface area contributed by atoms with Crippen LogP contribution in [0, 0.1) is 0 Å². The molecule has 3 nitrogen and oxygen atoms in total. The Kier molecular flexibility index (Phi) is 2.72. The number of hydrogen-bond donors (Lipinski definition) is 0. The molecule has 0 aliphatic carbocycles. The average molecular weight is 237 g/mol. The second-order valence-corrected chi connectivity index (χ2v) is 5.05. The molecule has 4 heteroatoms. The predicted octanol–water partition coefficient (Wildman–Crippen LogP) is 3.69. The molecule has 0 aliphatic heterocycles. The van der Waals surface area contributed by atoms with Crippen LogP contribution < -0.4 is 0 Å². The van der Waals surface area contributed by atoms with Gasteiger partial charge in [0.25, 0.3) is 0 Å². The Morgan fingerprint density at radius 3 is 2.38 bits per heavy atom. The average Bonchev–Trinajstić information content (AvgIpc) is 2.66. The van der Waals surface area contributed by atoms with E-state index in [0.717, 1.165) is 5.56 Å². The molecule has 0 saturated heterocycles. The molecular weight excluding hydrogens is 224 g/mol. The van der Waals surface area contributed by atoms with Gasteiger partial charge in [-0.15, -0.1) is 10.2 Å². The van der Waals surface area contributed by atoms with E-state index in [2.05, 4.69) is 10.2 Å². The third kappa shape index (κ3) is 2.09. The van der Waals surface area contributed by atoms with E-state index < -0.39 is 0 Å². The van der Waals surface area contributed by atoms with Crippen molar-refractivity contribution >= 4 is 11.6 Å². The molecule has 0 fully saturated rings. The van der Waals surface area contributed by atoms with E-state index in [1.165, 1.54) is 0 Å². The first-order valence-corrected chi connectivity index (χ1v) is 5.45. The van der Waals surface area contributed by atoms with Gasteiger partial charge in [-0.2, -0.15) is 0 Å². The fraction of sp³-hybridized carbons (Fsp3) is 0.333. The molecule has 0 aliphatic rings. The molecule has 0 saturated carbocycles. The van der Waals surface area contributed by atoms with Crippen LogP contribution in [0.4, 0.5) is 0 Å². The Bertz CT molecular complexity index is 500. The minimum Gasteiger partial charge on any atom is -0.420 e. The van der Waals surface area contributed by atoms with Crippen molar-refractivity contribution in [1.82, 2.24) is 10.2 Å². The molecule has 1 aromatic heterocycles. The van der Waals surface area contributed by atoms with Crippen LogP contribution in [-0.2, 0) is 5.41 Å². The summed E-state index contributed by atoms with van der Waals surface area (Å²) in [6.45, 7) is 6.07. The maximum Gasteiger partial charge on any atom is 0.249 e. The molecule has 1 heterocycles. The SMILES string of the molecule is CC(C)(C)c1nnc(-c2ccccc2Cl)o1. The summed E-state index contributed by atoms with van der Waals surface area (Å²) in [4.78, 5) is 0. The van der Waals surface area contributed by atoms with Gasteiger partial charge in [0, 0.05) is 5.41 Å². The molecule has 0 unspecified atom stereocenters. The van der Waals surface area contributed by atoms with E-state index in [0.29, 0.717) is 16.8 Å². The largest absolute Gasteiger partial charge is 0.420 e. The van der Waals surface area contributed by atoms with E-state index >= 15 is 0 Å². The summed E-state index contributed by atoms with van der Waals surface area (Å²) < 4.78 is 5.61. The van der Waals surface area contributed by atoms with Gasteiger partial charge >= 0.3 is 0 Å². The van der Waals surface area contributed by atoms with Gasteiger partial charge in [0.15, 0.2) is 0 Å². The quantitative estimate of drug-likeness (QED) is 0.758. The van der Waals surface area contributed by atoms with Crippen molar-refractivity contribution in [2.24, 2.45) is 0 Å². The van der Waals surface area contributed by atoms with Crippen LogP contribution in [0.25, 0.3) is 11.5 Å². The summed E-state index contributed by atoms with van der Waals surface area (Å²) in [5.41, 5.74) is 0.624. The topological polar surface area (TPSA) is 38.9 Å². The Morgan fingerprint density at radius 2 is 1.81 bits per heavy atom. The maximum atomic E-state index is 6.05. The molecule has 16 heavy (non-hydrogen) atoms. The highest BCUT2D eigenvalue weighted by atomic mass is 35.5. The predicted molar refractivity (Wildman–Crippen MR) is 63.4 cm³/mol. The van der Waals surface area contributed by atoms with Crippen molar-refractivity contribution in [2.75, 3.05) is 0 Å². The van der Waals surface area contributed by atoms with Crippen LogP contribution in [0.3, 0.4) is 0 Å². The summed E-state index contributed by atoms with van der Waals surface area (Å²) in [7, 11) is 0. The zero-order valence-electron chi connectivity index (χ0n) is 9.49. The lowest BCUT2D eigenvalue weighted by Gasteiger charge is -2.10. The standard InChI is InChI=1S/C12H13ClN2O/c1-12(2,3)11-15-14-10(16-11)8-6-4-5-7-9(8)13/h4-7H,1-3H3. The number of aromatic nitrogens is 2. The smallest absolute Gasteiger partial charge is 0.249 e. The van der Waals surface area contributed by atoms with Gasteiger partial charge in [0.05, 0.1) is 10.6 Å². The van der Waals surface area contributed by atoms with Crippen molar-refractivity contribution < 1.29 is 4.42 Å². The molecule has 0 radical (unpaired) electrons. The lowest BCUT2D eigenvalue weighted by atomic mass is 9.97. The number of rotatable bonds is 1. The second-order valence-electron chi connectivity index (χ2n) is 4.64. The van der Waals surface area contributed by atoms with Gasteiger partial charge in [-0.1, -0.05) is 44.5 Å². The zero-order valence-corrected chi connectivity index (χ0v) is 10.2. The highest BCUT2D eigenvalue weighted by molar-refractivity contribution is 6.33. The van der Waals surface area contributed by atoms with Gasteiger partial charge in [-0.25, -0.2) is 0 Å². The summed E-state index contributed by atoms with van der Waals surface area (Å²) in [5, 5.41) is 8.66. The first-order valence-electron chi connectivity index (χ1n) is 5.07. The second kappa shape index (κ2) is 3.91. The normalized spacial score (nSPS) is 11.8. The van der Waals surface area contributed by atoms with Crippen molar-refractivity contribution in [3.8, 4) is 11.5 Å². The first-order chi connectivity index (χ1) is 7.48. The van der Waals surface area contributed by atoms with E-state index in [1.54, 1.807) is 6.07 Å². The van der Waals surface area contributed by atoms with Crippen LogP contribution in [0.5, 0.6) is 0 Å². The van der Waals surface area contributed by atoms with Crippen molar-refractivity contribution in [1.29, 1.82) is 0 Å². The molecule has 0 spiro atoms. The monoisotopic (exact) mass is 236 g/mol. The van der Waals surface area contributed by atoms with Crippen LogP contribution >= 0.6 is 11.6 Å². The van der Waals surface area contributed by atoms with E-state index in [-0.39, 0.29) is 5.41 Å². The fourth-order valence-electron chi connectivity index (χ4n) is 1.27. The molecule has 0 atom stereocenters. The summed E-state index contributed by atoms with van der Waals surface area (Å²) in [6, 6.07) is 7.43. The highest BCUT2D eigenvalue weighted by Crippen LogP contribution is 2.29. The van der Waals surface area contributed by atoms with Crippen molar-refractivity contribution in [3.05, 3.63) is 35.2 Å². The molecule has 0 bridgehead atoms. The zero-order chi connectivity index (χ0) is 11.8. The van der Waals surface area contributed by atoms with E-state index in [1.807, 2.05) is 39.0 Å². The number of nitrogens with zero attached hydrogens (tertiary/aromatic N) is 2. The van der Waals surface area contributed by atoms with Gasteiger partial charge in [0.2, 0.25) is 11.8 Å². The molecule has 2 aromatic rings. The third-order valence-electron chi connectivity index (χ3n) is 2.17. The minimum atomic E-state index is -0.146. The van der Waals surface area contributed by atoms with Crippen LogP contribution in [0.15, 0.2) is 28.7 Å². The Morgan fingerprint density at radius 1 is 1.12 bits per heavy atom. The Hall–Kier alpha value is -1.35. The van der Waals surface area contributed by atoms with Gasteiger partial charge < -0.3 is 4.42 Å². The number of hydrogen-bond acceptors (Lipinski definition) is 3. The first kappa shape index (κ1) is 11.1. The fourth-order valence-corrected chi connectivity index (χ4v) is 1.49. The molecule has 0 N–H and O–H groups in total. The lowest BCUT2D eigenvalue weighted by molar-refractivity contribution is 0.399. The maximum absolute atomic E-state index is 6.05. The van der Waals surface area contributed by atoms with Gasteiger partial charge in [-0.05, 0) is 12.1 Å². The summed E-state index contributed by atoms with van der Waals surface area (Å²) in [6.07, 6.45) is 0. The van der Waals surface area contributed by atoms with E-state index in [4.69, 9.17) is 16.0 Å². The van der Waals surface area contributed by atoms with Crippen molar-refractivity contribution in [3.63, 3.8) is 0 Å². The number of halogens is 1. The minimum absolute atomic E-state index is 0.146. The van der Waals surface area contributed by atoms with Crippen molar-refractivity contribution in [2.45, 2.75) is 26.2 Å². The Labute approximate surface area is 99.5 Å². The molecule has 2 rings (SSSR count). The molecule has 0 amide bonds. The third-order valence-corrected chi connectivity index (χ3v) is 2.50.